The molecule has 0 unspecified atom stereocenters. The summed E-state index contributed by atoms with van der Waals surface area (Å²) in [6, 6.07) is 0. The number of carboxylic acid groups (broad SMARTS) is 1. The molecule has 13 heavy (non-hydrogen) atoms. The van der Waals surface area contributed by atoms with Crippen molar-refractivity contribution in [3.05, 3.63) is 24.3 Å². The Labute approximate surface area is 77.5 Å². The van der Waals surface area contributed by atoms with Gasteiger partial charge in [0, 0.05) is 26.4 Å². The lowest BCUT2D eigenvalue weighted by Crippen LogP contribution is -1.87. The number of carboxylic acids is 1. The molecule has 1 aromatic heterocycles. The van der Waals surface area contributed by atoms with Crippen LogP contribution >= 0.6 is 0 Å². The summed E-state index contributed by atoms with van der Waals surface area (Å²) in [7, 11) is 1.97. The number of carbonyl (C=O) groups is 1. The number of nitrogens with zero attached hydrogens (tertiary/aromatic N) is 2. The molecule has 0 aliphatic heterocycles. The average Bonchev–Trinajstić information content (AvgIpc) is 2.36. The minimum absolute atomic E-state index is 0.833. The normalized spacial score (nSPS) is 9.46. The zero-order valence-electron chi connectivity index (χ0n) is 8.06. The molecule has 4 heteroatoms. The number of hydrogen-bond acceptors (Lipinski definition) is 2. The topological polar surface area (TPSA) is 55.1 Å². The summed E-state index contributed by atoms with van der Waals surface area (Å²) in [5, 5.41) is 7.42. The van der Waals surface area contributed by atoms with Crippen LogP contribution in [0.1, 0.15) is 19.7 Å². The molecule has 0 saturated heterocycles. The van der Waals surface area contributed by atoms with Gasteiger partial charge in [0.15, 0.2) is 0 Å². The van der Waals surface area contributed by atoms with Crippen LogP contribution in [0.3, 0.4) is 0 Å². The molecule has 0 amide bonds. The Balaban J connectivity index is 0.000000310. The summed E-state index contributed by atoms with van der Waals surface area (Å²) in [5.74, 6) is 0.164. The van der Waals surface area contributed by atoms with Crippen LogP contribution in [0.15, 0.2) is 18.5 Å². The molecule has 1 rings (SSSR count). The van der Waals surface area contributed by atoms with Crippen LogP contribution in [0.2, 0.25) is 0 Å². The van der Waals surface area contributed by atoms with E-state index in [1.165, 1.54) is 0 Å². The van der Waals surface area contributed by atoms with Crippen LogP contribution in [-0.4, -0.2) is 20.6 Å². The molecule has 0 radical (unpaired) electrons. The summed E-state index contributed by atoms with van der Waals surface area (Å²) in [6.07, 6.45) is 7.66. The Morgan fingerprint density at radius 1 is 1.69 bits per heavy atom. The molecule has 4 nitrogen and oxygen atoms in total. The molecule has 1 heterocycles. The third-order valence-electron chi connectivity index (χ3n) is 1.17. The van der Waals surface area contributed by atoms with Crippen molar-refractivity contribution in [1.82, 2.24) is 9.55 Å². The second-order valence-corrected chi connectivity index (χ2v) is 2.42. The lowest BCUT2D eigenvalue weighted by Gasteiger charge is -1.90. The number of aryl methyl sites for hydroxylation is 1. The smallest absolute Gasteiger partial charge is 0.300 e. The van der Waals surface area contributed by atoms with Crippen LogP contribution in [0.5, 0.6) is 0 Å². The summed E-state index contributed by atoms with van der Waals surface area (Å²) in [6.45, 7) is 3.06. The van der Waals surface area contributed by atoms with E-state index in [0.29, 0.717) is 0 Å². The van der Waals surface area contributed by atoms with E-state index in [9.17, 15) is 0 Å². The van der Waals surface area contributed by atoms with E-state index >= 15 is 0 Å². The van der Waals surface area contributed by atoms with Gasteiger partial charge in [-0.3, -0.25) is 4.79 Å². The first-order valence-electron chi connectivity index (χ1n) is 3.87. The fourth-order valence-electron chi connectivity index (χ4n) is 0.687. The predicted octanol–water partition coefficient (Wildman–Crippen LogP) is 1.54. The van der Waals surface area contributed by atoms with Gasteiger partial charge in [-0.2, -0.15) is 0 Å². The zero-order valence-corrected chi connectivity index (χ0v) is 8.06. The number of aromatic nitrogens is 2. The van der Waals surface area contributed by atoms with E-state index in [1.54, 1.807) is 6.20 Å². The Hall–Kier alpha value is -1.58. The molecule has 0 aliphatic rings. The van der Waals surface area contributed by atoms with Crippen molar-refractivity contribution < 1.29 is 9.90 Å². The number of rotatable bonds is 1. The van der Waals surface area contributed by atoms with Gasteiger partial charge < -0.3 is 9.67 Å². The third-order valence-corrected chi connectivity index (χ3v) is 1.17. The Morgan fingerprint density at radius 2 is 2.23 bits per heavy atom. The van der Waals surface area contributed by atoms with E-state index in [-0.39, 0.29) is 0 Å². The second-order valence-electron chi connectivity index (χ2n) is 2.42. The molecule has 72 valence electrons. The zero-order chi connectivity index (χ0) is 10.3. The van der Waals surface area contributed by atoms with Crippen molar-refractivity contribution in [1.29, 1.82) is 0 Å². The number of imidazole rings is 1. The van der Waals surface area contributed by atoms with Crippen molar-refractivity contribution in [3.63, 3.8) is 0 Å². The lowest BCUT2D eigenvalue weighted by atomic mass is 10.5. The van der Waals surface area contributed by atoms with Gasteiger partial charge in [0.25, 0.3) is 5.97 Å². The summed E-state index contributed by atoms with van der Waals surface area (Å²) >= 11 is 0. The maximum atomic E-state index is 9.00. The van der Waals surface area contributed by atoms with Gasteiger partial charge in [-0.25, -0.2) is 4.98 Å². The van der Waals surface area contributed by atoms with Gasteiger partial charge in [0.2, 0.25) is 0 Å². The van der Waals surface area contributed by atoms with Gasteiger partial charge in [-0.05, 0) is 13.0 Å². The monoisotopic (exact) mass is 182 g/mol. The van der Waals surface area contributed by atoms with Crippen LogP contribution in [0.25, 0.3) is 6.08 Å². The fourth-order valence-corrected chi connectivity index (χ4v) is 0.687. The van der Waals surface area contributed by atoms with E-state index in [2.05, 4.69) is 4.98 Å². The average molecular weight is 182 g/mol. The Kier molecular flexibility index (Phi) is 5.27. The number of hydrogen-bond donors (Lipinski definition) is 1. The van der Waals surface area contributed by atoms with Crippen molar-refractivity contribution in [2.24, 2.45) is 7.05 Å². The van der Waals surface area contributed by atoms with Crippen LogP contribution in [0.4, 0.5) is 0 Å². The highest BCUT2D eigenvalue weighted by Crippen LogP contribution is 1.95. The molecular formula is C9H14N2O2. The highest BCUT2D eigenvalue weighted by Gasteiger charge is 1.88. The van der Waals surface area contributed by atoms with Gasteiger partial charge in [-0.1, -0.05) is 6.08 Å². The molecule has 0 spiro atoms. The summed E-state index contributed by atoms with van der Waals surface area (Å²) in [4.78, 5) is 13.1. The van der Waals surface area contributed by atoms with E-state index in [4.69, 9.17) is 9.90 Å². The first-order valence-corrected chi connectivity index (χ1v) is 3.87. The summed E-state index contributed by atoms with van der Waals surface area (Å²) < 4.78 is 1.97. The molecule has 0 saturated carbocycles. The van der Waals surface area contributed by atoms with E-state index < -0.39 is 5.97 Å². The first-order chi connectivity index (χ1) is 6.07. The van der Waals surface area contributed by atoms with E-state index in [0.717, 1.165) is 12.7 Å². The molecule has 0 aromatic carbocycles. The predicted molar refractivity (Wildman–Crippen MR) is 51.2 cm³/mol. The molecular weight excluding hydrogens is 168 g/mol. The first kappa shape index (κ1) is 11.4. The molecule has 0 bridgehead atoms. The van der Waals surface area contributed by atoms with E-state index in [1.807, 2.05) is 36.9 Å². The quantitative estimate of drug-likeness (QED) is 0.716. The van der Waals surface area contributed by atoms with Crippen molar-refractivity contribution in [2.45, 2.75) is 13.8 Å². The Morgan fingerprint density at radius 3 is 2.54 bits per heavy atom. The summed E-state index contributed by atoms with van der Waals surface area (Å²) in [5.41, 5.74) is 0. The van der Waals surface area contributed by atoms with Crippen molar-refractivity contribution >= 4 is 12.0 Å². The Bertz CT molecular complexity index is 286. The third kappa shape index (κ3) is 5.66. The van der Waals surface area contributed by atoms with Crippen LogP contribution in [-0.2, 0) is 11.8 Å². The van der Waals surface area contributed by atoms with Gasteiger partial charge in [0.05, 0.1) is 0 Å². The maximum Gasteiger partial charge on any atom is 0.300 e. The molecule has 0 aliphatic carbocycles. The van der Waals surface area contributed by atoms with Gasteiger partial charge >= 0.3 is 0 Å². The second kappa shape index (κ2) is 5.99. The largest absolute Gasteiger partial charge is 0.481 e. The minimum atomic E-state index is -0.833. The molecule has 1 aromatic rings. The van der Waals surface area contributed by atoms with Crippen molar-refractivity contribution in [3.8, 4) is 0 Å². The standard InChI is InChI=1S/C7H10N2.C2H4O2/c1-3-4-7-8-5-6-9(7)2;1-2(3)4/h3-6H,1-2H3;1H3,(H,3,4). The van der Waals surface area contributed by atoms with Gasteiger partial charge in [-0.15, -0.1) is 0 Å². The fraction of sp³-hybridized carbons (Fsp3) is 0.333. The highest BCUT2D eigenvalue weighted by atomic mass is 16.4. The van der Waals surface area contributed by atoms with Crippen LogP contribution in [0, 0.1) is 0 Å². The lowest BCUT2D eigenvalue weighted by molar-refractivity contribution is -0.134. The number of allylic oxidation sites excluding steroid dienone is 1. The maximum absolute atomic E-state index is 9.00. The van der Waals surface area contributed by atoms with Gasteiger partial charge in [0.1, 0.15) is 5.82 Å². The SMILES string of the molecule is CC(=O)O.CC=Cc1nccn1C. The molecule has 1 N–H and O–H groups in total. The molecule has 0 atom stereocenters. The molecule has 0 fully saturated rings. The van der Waals surface area contributed by atoms with Crippen LogP contribution < -0.4 is 0 Å². The highest BCUT2D eigenvalue weighted by molar-refractivity contribution is 5.62. The minimum Gasteiger partial charge on any atom is -0.481 e. The number of aliphatic carboxylic acids is 1. The van der Waals surface area contributed by atoms with Crippen molar-refractivity contribution in [2.75, 3.05) is 0 Å².